The van der Waals surface area contributed by atoms with E-state index in [0.717, 1.165) is 37.8 Å². The topological polar surface area (TPSA) is 49.5 Å². The molecule has 1 saturated heterocycles. The van der Waals surface area contributed by atoms with E-state index < -0.39 is 0 Å². The normalized spacial score (nSPS) is 35.4. The van der Waals surface area contributed by atoms with Crippen molar-refractivity contribution in [3.05, 3.63) is 0 Å². The van der Waals surface area contributed by atoms with Crippen molar-refractivity contribution in [1.82, 2.24) is 4.90 Å². The number of hydrogen-bond donors (Lipinski definition) is 2. The SMILES string of the molecule is CC(C)C1CCC(N)C(CN2CCC(C(C)O)CC2)C1. The second-order valence-corrected chi connectivity index (χ2v) is 7.62. The van der Waals surface area contributed by atoms with Gasteiger partial charge in [0.15, 0.2) is 0 Å². The van der Waals surface area contributed by atoms with Crippen molar-refractivity contribution in [2.24, 2.45) is 29.4 Å². The summed E-state index contributed by atoms with van der Waals surface area (Å²) in [5.74, 6) is 2.86. The average Bonchev–Trinajstić information content (AvgIpc) is 2.41. The first-order valence-corrected chi connectivity index (χ1v) is 8.63. The zero-order valence-corrected chi connectivity index (χ0v) is 13.6. The fraction of sp³-hybridized carbons (Fsp3) is 1.00. The van der Waals surface area contributed by atoms with Crippen LogP contribution in [0.25, 0.3) is 0 Å². The van der Waals surface area contributed by atoms with Crippen molar-refractivity contribution in [2.75, 3.05) is 19.6 Å². The Kier molecular flexibility index (Phi) is 5.88. The van der Waals surface area contributed by atoms with Gasteiger partial charge in [0.25, 0.3) is 0 Å². The summed E-state index contributed by atoms with van der Waals surface area (Å²) in [6.07, 6.45) is 5.99. The fourth-order valence-corrected chi connectivity index (χ4v) is 4.09. The van der Waals surface area contributed by atoms with Crippen LogP contribution in [0.2, 0.25) is 0 Å². The molecule has 0 amide bonds. The van der Waals surface area contributed by atoms with E-state index in [9.17, 15) is 5.11 Å². The number of hydrogen-bond acceptors (Lipinski definition) is 3. The van der Waals surface area contributed by atoms with Crippen molar-refractivity contribution in [3.63, 3.8) is 0 Å². The molecule has 4 unspecified atom stereocenters. The smallest absolute Gasteiger partial charge is 0.0541 e. The summed E-state index contributed by atoms with van der Waals surface area (Å²) in [6, 6.07) is 0.402. The minimum absolute atomic E-state index is 0.139. The summed E-state index contributed by atoms with van der Waals surface area (Å²) < 4.78 is 0. The number of likely N-dealkylation sites (tertiary alicyclic amines) is 1. The molecule has 2 aliphatic rings. The lowest BCUT2D eigenvalue weighted by molar-refractivity contribution is 0.0568. The standard InChI is InChI=1S/C17H34N2O/c1-12(2)15-4-5-17(18)16(10-15)11-19-8-6-14(7-9-19)13(3)20/h12-17,20H,4-11,18H2,1-3H3. The number of rotatable bonds is 4. The first-order chi connectivity index (χ1) is 9.47. The zero-order chi connectivity index (χ0) is 14.7. The lowest BCUT2D eigenvalue weighted by Crippen LogP contribution is -2.46. The molecule has 20 heavy (non-hydrogen) atoms. The number of nitrogens with two attached hydrogens (primary N) is 1. The van der Waals surface area contributed by atoms with E-state index >= 15 is 0 Å². The van der Waals surface area contributed by atoms with Gasteiger partial charge in [-0.3, -0.25) is 0 Å². The Morgan fingerprint density at radius 3 is 2.25 bits per heavy atom. The predicted molar refractivity (Wildman–Crippen MR) is 84.5 cm³/mol. The lowest BCUT2D eigenvalue weighted by Gasteiger charge is -2.41. The van der Waals surface area contributed by atoms with E-state index in [2.05, 4.69) is 18.7 Å². The van der Waals surface area contributed by atoms with Crippen molar-refractivity contribution < 1.29 is 5.11 Å². The molecule has 0 aromatic carbocycles. The van der Waals surface area contributed by atoms with Gasteiger partial charge in [0.1, 0.15) is 0 Å². The third kappa shape index (κ3) is 4.19. The Bertz CT molecular complexity index is 285. The van der Waals surface area contributed by atoms with Crippen molar-refractivity contribution >= 4 is 0 Å². The van der Waals surface area contributed by atoms with Crippen LogP contribution < -0.4 is 5.73 Å². The molecule has 1 saturated carbocycles. The summed E-state index contributed by atoms with van der Waals surface area (Å²) in [6.45, 7) is 10.1. The van der Waals surface area contributed by atoms with Gasteiger partial charge in [-0.25, -0.2) is 0 Å². The second kappa shape index (κ2) is 7.24. The Morgan fingerprint density at radius 1 is 1.05 bits per heavy atom. The van der Waals surface area contributed by atoms with Crippen LogP contribution >= 0.6 is 0 Å². The van der Waals surface area contributed by atoms with E-state index in [1.807, 2.05) is 6.92 Å². The minimum atomic E-state index is -0.139. The highest BCUT2D eigenvalue weighted by molar-refractivity contribution is 4.87. The molecule has 3 N–H and O–H groups in total. The summed E-state index contributed by atoms with van der Waals surface area (Å²) in [4.78, 5) is 2.59. The predicted octanol–water partition coefficient (Wildman–Crippen LogP) is 2.48. The number of piperidine rings is 1. The maximum Gasteiger partial charge on any atom is 0.0541 e. The summed E-state index contributed by atoms with van der Waals surface area (Å²) in [5.41, 5.74) is 6.37. The van der Waals surface area contributed by atoms with Gasteiger partial charge < -0.3 is 15.7 Å². The quantitative estimate of drug-likeness (QED) is 0.833. The van der Waals surface area contributed by atoms with Crippen LogP contribution in [0.5, 0.6) is 0 Å². The van der Waals surface area contributed by atoms with Crippen LogP contribution in [0.4, 0.5) is 0 Å². The molecule has 1 aliphatic heterocycles. The summed E-state index contributed by atoms with van der Waals surface area (Å²) in [7, 11) is 0. The van der Waals surface area contributed by atoms with Crippen molar-refractivity contribution in [3.8, 4) is 0 Å². The molecule has 0 radical (unpaired) electrons. The molecule has 4 atom stereocenters. The highest BCUT2D eigenvalue weighted by Crippen LogP contribution is 2.34. The van der Waals surface area contributed by atoms with Crippen LogP contribution in [-0.2, 0) is 0 Å². The van der Waals surface area contributed by atoms with Gasteiger partial charge >= 0.3 is 0 Å². The van der Waals surface area contributed by atoms with Crippen molar-refractivity contribution in [1.29, 1.82) is 0 Å². The van der Waals surface area contributed by atoms with Gasteiger partial charge in [-0.2, -0.15) is 0 Å². The molecule has 3 nitrogen and oxygen atoms in total. The van der Waals surface area contributed by atoms with Gasteiger partial charge in [-0.05, 0) is 75.8 Å². The molecule has 118 valence electrons. The molecule has 0 bridgehead atoms. The van der Waals surface area contributed by atoms with Crippen LogP contribution in [0.1, 0.15) is 52.9 Å². The van der Waals surface area contributed by atoms with Crippen LogP contribution in [0, 0.1) is 23.7 Å². The fourth-order valence-electron chi connectivity index (χ4n) is 4.09. The highest BCUT2D eigenvalue weighted by atomic mass is 16.3. The van der Waals surface area contributed by atoms with Crippen LogP contribution in [0.15, 0.2) is 0 Å². The first kappa shape index (κ1) is 16.3. The van der Waals surface area contributed by atoms with Gasteiger partial charge in [-0.1, -0.05) is 13.8 Å². The van der Waals surface area contributed by atoms with Gasteiger partial charge in [0, 0.05) is 12.6 Å². The third-order valence-corrected chi connectivity index (χ3v) is 5.83. The zero-order valence-electron chi connectivity index (χ0n) is 13.6. The second-order valence-electron chi connectivity index (χ2n) is 7.62. The van der Waals surface area contributed by atoms with Gasteiger partial charge in [-0.15, -0.1) is 0 Å². The molecule has 2 rings (SSSR count). The Hall–Kier alpha value is -0.120. The minimum Gasteiger partial charge on any atom is -0.393 e. The molecule has 1 heterocycles. The van der Waals surface area contributed by atoms with Gasteiger partial charge in [0.05, 0.1) is 6.10 Å². The Morgan fingerprint density at radius 2 is 1.70 bits per heavy atom. The molecule has 2 fully saturated rings. The molecule has 0 spiro atoms. The molecule has 0 aromatic heterocycles. The molecule has 1 aliphatic carbocycles. The van der Waals surface area contributed by atoms with Crippen molar-refractivity contribution in [2.45, 2.75) is 65.0 Å². The maximum atomic E-state index is 9.68. The monoisotopic (exact) mass is 282 g/mol. The van der Waals surface area contributed by atoms with E-state index in [1.54, 1.807) is 0 Å². The van der Waals surface area contributed by atoms with Gasteiger partial charge in [0.2, 0.25) is 0 Å². The first-order valence-electron chi connectivity index (χ1n) is 8.63. The maximum absolute atomic E-state index is 9.68. The number of aliphatic hydroxyl groups is 1. The van der Waals surface area contributed by atoms with Crippen LogP contribution in [-0.4, -0.2) is 41.8 Å². The highest BCUT2D eigenvalue weighted by Gasteiger charge is 2.32. The van der Waals surface area contributed by atoms with E-state index in [0.29, 0.717) is 17.9 Å². The lowest BCUT2D eigenvalue weighted by atomic mass is 9.73. The van der Waals surface area contributed by atoms with E-state index in [1.165, 1.54) is 25.8 Å². The molecule has 0 aromatic rings. The Labute approximate surface area is 124 Å². The summed E-state index contributed by atoms with van der Waals surface area (Å²) in [5, 5.41) is 9.68. The molecular weight excluding hydrogens is 248 g/mol. The summed E-state index contributed by atoms with van der Waals surface area (Å²) >= 11 is 0. The molecule has 3 heteroatoms. The van der Waals surface area contributed by atoms with E-state index in [4.69, 9.17) is 5.73 Å². The largest absolute Gasteiger partial charge is 0.393 e. The Balaban J connectivity index is 1.80. The average molecular weight is 282 g/mol. The number of aliphatic hydroxyl groups excluding tert-OH is 1. The van der Waals surface area contributed by atoms with Crippen LogP contribution in [0.3, 0.4) is 0 Å². The molecular formula is C17H34N2O. The van der Waals surface area contributed by atoms with E-state index in [-0.39, 0.29) is 6.10 Å². The number of nitrogens with zero attached hydrogens (tertiary/aromatic N) is 1. The third-order valence-electron chi connectivity index (χ3n) is 5.83.